The second-order valence-electron chi connectivity index (χ2n) is 4.75. The fraction of sp³-hybridized carbons (Fsp3) is 0.0588. The van der Waals surface area contributed by atoms with E-state index in [9.17, 15) is 14.1 Å². The first kappa shape index (κ1) is 14.4. The van der Waals surface area contributed by atoms with E-state index in [0.717, 1.165) is 11.1 Å². The molecule has 0 radical (unpaired) electrons. The minimum Gasteiger partial charge on any atom is -0.478 e. The Morgan fingerprint density at radius 1 is 1.14 bits per heavy atom. The summed E-state index contributed by atoms with van der Waals surface area (Å²) in [6, 6.07) is 13.8. The zero-order chi connectivity index (χ0) is 15.5. The summed E-state index contributed by atoms with van der Waals surface area (Å²) >= 11 is 0. The number of aromatic carboxylic acids is 1. The third kappa shape index (κ3) is 2.76. The van der Waals surface area contributed by atoms with Crippen molar-refractivity contribution in [2.75, 3.05) is 6.54 Å². The summed E-state index contributed by atoms with van der Waals surface area (Å²) in [5.41, 5.74) is 1.72. The molecule has 0 saturated carbocycles. The molecule has 2 aromatic rings. The minimum atomic E-state index is -1.52. The minimum absolute atomic E-state index is 0.0564. The maximum atomic E-state index is 12.6. The highest BCUT2D eigenvalue weighted by molar-refractivity contribution is 7.85. The lowest BCUT2D eigenvalue weighted by atomic mass is 10.0. The summed E-state index contributed by atoms with van der Waals surface area (Å²) in [5, 5.41) is 9.44. The third-order valence-electron chi connectivity index (χ3n) is 3.35. The monoisotopic (exact) mass is 311 g/mol. The van der Waals surface area contributed by atoms with Crippen molar-refractivity contribution < 1.29 is 14.1 Å². The van der Waals surface area contributed by atoms with Crippen molar-refractivity contribution in [3.63, 3.8) is 0 Å². The Balaban J connectivity index is 2.06. The van der Waals surface area contributed by atoms with Gasteiger partial charge in [0.25, 0.3) is 0 Å². The van der Waals surface area contributed by atoms with Gasteiger partial charge in [0.1, 0.15) is 0 Å². The van der Waals surface area contributed by atoms with E-state index in [4.69, 9.17) is 0 Å². The van der Waals surface area contributed by atoms with Crippen LogP contribution < -0.4 is 0 Å². The molecule has 4 nitrogen and oxygen atoms in total. The second kappa shape index (κ2) is 6.07. The second-order valence-corrected chi connectivity index (χ2v) is 6.20. The first-order valence-electron chi connectivity index (χ1n) is 6.71. The van der Waals surface area contributed by atoms with Crippen LogP contribution in [0.15, 0.2) is 69.4 Å². The molecule has 0 bridgehead atoms. The van der Waals surface area contributed by atoms with Gasteiger partial charge in [-0.2, -0.15) is 0 Å². The molecule has 0 saturated heterocycles. The molecule has 2 aromatic carbocycles. The average molecular weight is 311 g/mol. The SMILES string of the molecule is O=C(O)c1cc(C2=CCN=C2)ccc1S(=O)c1ccccc1. The number of nitrogens with zero attached hydrogens (tertiary/aromatic N) is 1. The number of rotatable bonds is 4. The van der Waals surface area contributed by atoms with Crippen molar-refractivity contribution >= 4 is 28.6 Å². The van der Waals surface area contributed by atoms with Crippen LogP contribution in [0.2, 0.25) is 0 Å². The summed E-state index contributed by atoms with van der Waals surface area (Å²) < 4.78 is 12.6. The van der Waals surface area contributed by atoms with Gasteiger partial charge in [0.15, 0.2) is 0 Å². The molecular formula is C17H13NO3S. The van der Waals surface area contributed by atoms with E-state index in [1.807, 2.05) is 12.1 Å². The lowest BCUT2D eigenvalue weighted by Gasteiger charge is -2.09. The number of carbonyl (C=O) groups is 1. The summed E-state index contributed by atoms with van der Waals surface area (Å²) in [7, 11) is -1.52. The van der Waals surface area contributed by atoms with E-state index in [0.29, 0.717) is 16.3 Å². The maximum absolute atomic E-state index is 12.6. The molecule has 1 aliphatic heterocycles. The van der Waals surface area contributed by atoms with Crippen LogP contribution >= 0.6 is 0 Å². The van der Waals surface area contributed by atoms with Gasteiger partial charge in [-0.25, -0.2) is 9.00 Å². The highest BCUT2D eigenvalue weighted by Crippen LogP contribution is 2.25. The number of carboxylic acid groups (broad SMARTS) is 1. The highest BCUT2D eigenvalue weighted by Gasteiger charge is 2.18. The third-order valence-corrected chi connectivity index (χ3v) is 4.80. The smallest absolute Gasteiger partial charge is 0.336 e. The van der Waals surface area contributed by atoms with Crippen molar-refractivity contribution in [2.45, 2.75) is 9.79 Å². The van der Waals surface area contributed by atoms with E-state index in [1.54, 1.807) is 48.7 Å². The van der Waals surface area contributed by atoms with Crippen molar-refractivity contribution in [1.82, 2.24) is 0 Å². The van der Waals surface area contributed by atoms with E-state index in [2.05, 4.69) is 4.99 Å². The van der Waals surface area contributed by atoms with Crippen LogP contribution in [0.4, 0.5) is 0 Å². The molecule has 0 spiro atoms. The quantitative estimate of drug-likeness (QED) is 0.944. The molecule has 1 aliphatic rings. The number of benzene rings is 2. The Hall–Kier alpha value is -2.53. The fourth-order valence-electron chi connectivity index (χ4n) is 2.26. The van der Waals surface area contributed by atoms with Crippen LogP contribution in [0.5, 0.6) is 0 Å². The van der Waals surface area contributed by atoms with Crippen molar-refractivity contribution in [3.8, 4) is 0 Å². The summed E-state index contributed by atoms with van der Waals surface area (Å²) in [5.74, 6) is -1.09. The molecule has 0 aliphatic carbocycles. The first-order chi connectivity index (χ1) is 10.7. The molecule has 1 heterocycles. The summed E-state index contributed by atoms with van der Waals surface area (Å²) in [6.07, 6.45) is 3.64. The molecule has 0 aromatic heterocycles. The zero-order valence-corrected chi connectivity index (χ0v) is 12.4. The van der Waals surface area contributed by atoms with E-state index < -0.39 is 16.8 Å². The Morgan fingerprint density at radius 3 is 2.55 bits per heavy atom. The van der Waals surface area contributed by atoms with Gasteiger partial charge >= 0.3 is 5.97 Å². The maximum Gasteiger partial charge on any atom is 0.336 e. The number of aliphatic imine (C=N–C) groups is 1. The van der Waals surface area contributed by atoms with E-state index in [-0.39, 0.29) is 5.56 Å². The van der Waals surface area contributed by atoms with Crippen molar-refractivity contribution in [2.24, 2.45) is 4.99 Å². The van der Waals surface area contributed by atoms with Crippen LogP contribution in [0, 0.1) is 0 Å². The van der Waals surface area contributed by atoms with Gasteiger partial charge in [-0.15, -0.1) is 0 Å². The van der Waals surface area contributed by atoms with Gasteiger partial charge < -0.3 is 5.11 Å². The Morgan fingerprint density at radius 2 is 1.91 bits per heavy atom. The van der Waals surface area contributed by atoms with Gasteiger partial charge in [0.05, 0.1) is 27.8 Å². The Kier molecular flexibility index (Phi) is 3.98. The summed E-state index contributed by atoms with van der Waals surface area (Å²) in [6.45, 7) is 0.607. The predicted molar refractivity (Wildman–Crippen MR) is 85.9 cm³/mol. The molecule has 1 N–H and O–H groups in total. The normalized spacial score (nSPS) is 14.6. The highest BCUT2D eigenvalue weighted by atomic mass is 32.2. The fourth-order valence-corrected chi connectivity index (χ4v) is 3.45. The molecule has 110 valence electrons. The summed E-state index contributed by atoms with van der Waals surface area (Å²) in [4.78, 5) is 16.5. The molecule has 0 amide bonds. The van der Waals surface area contributed by atoms with Gasteiger partial charge in [0.2, 0.25) is 0 Å². The first-order valence-corrected chi connectivity index (χ1v) is 7.86. The van der Waals surface area contributed by atoms with Crippen LogP contribution in [0.3, 0.4) is 0 Å². The number of carboxylic acids is 1. The molecule has 3 rings (SSSR count). The van der Waals surface area contributed by atoms with Crippen molar-refractivity contribution in [1.29, 1.82) is 0 Å². The van der Waals surface area contributed by atoms with Crippen LogP contribution in [0.25, 0.3) is 5.57 Å². The van der Waals surface area contributed by atoms with Crippen LogP contribution in [-0.4, -0.2) is 28.0 Å². The topological polar surface area (TPSA) is 66.7 Å². The van der Waals surface area contributed by atoms with Crippen LogP contribution in [0.1, 0.15) is 15.9 Å². The van der Waals surface area contributed by atoms with Crippen LogP contribution in [-0.2, 0) is 10.8 Å². The largest absolute Gasteiger partial charge is 0.478 e. The van der Waals surface area contributed by atoms with Gasteiger partial charge in [0, 0.05) is 11.1 Å². The Labute approximate surface area is 130 Å². The van der Waals surface area contributed by atoms with Gasteiger partial charge in [-0.1, -0.05) is 30.3 Å². The number of hydrogen-bond acceptors (Lipinski definition) is 3. The zero-order valence-electron chi connectivity index (χ0n) is 11.6. The van der Waals surface area contributed by atoms with Crippen molar-refractivity contribution in [3.05, 3.63) is 65.7 Å². The Bertz CT molecular complexity index is 810. The number of hydrogen-bond donors (Lipinski definition) is 1. The molecule has 22 heavy (non-hydrogen) atoms. The van der Waals surface area contributed by atoms with E-state index >= 15 is 0 Å². The standard InChI is InChI=1S/C17H13NO3S/c19-17(20)15-10-12(13-8-9-18-11-13)6-7-16(15)22(21)14-4-2-1-3-5-14/h1-8,10-11H,9H2,(H,19,20). The lowest BCUT2D eigenvalue weighted by molar-refractivity contribution is 0.0693. The predicted octanol–water partition coefficient (Wildman–Crippen LogP) is 3.02. The molecule has 5 heteroatoms. The molecule has 0 fully saturated rings. The van der Waals surface area contributed by atoms with Gasteiger partial charge in [-0.05, 0) is 35.4 Å². The molecular weight excluding hydrogens is 298 g/mol. The van der Waals surface area contributed by atoms with E-state index in [1.165, 1.54) is 0 Å². The molecule has 1 unspecified atom stereocenters. The number of allylic oxidation sites excluding steroid dienone is 1. The average Bonchev–Trinajstić information content (AvgIpc) is 3.09. The lowest BCUT2D eigenvalue weighted by Crippen LogP contribution is -2.06. The van der Waals surface area contributed by atoms with Gasteiger partial charge in [-0.3, -0.25) is 4.99 Å². The molecule has 1 atom stereocenters.